The fourth-order valence-corrected chi connectivity index (χ4v) is 4.13. The van der Waals surface area contributed by atoms with E-state index in [2.05, 4.69) is 0 Å². The van der Waals surface area contributed by atoms with Gasteiger partial charge >= 0.3 is 5.97 Å². The Balaban J connectivity index is 1.69. The highest BCUT2D eigenvalue weighted by Gasteiger charge is 2.40. The van der Waals surface area contributed by atoms with Crippen molar-refractivity contribution in [1.29, 1.82) is 5.41 Å². The number of guanidine groups is 1. The average Bonchev–Trinajstić information content (AvgIpc) is 2.44. The summed E-state index contributed by atoms with van der Waals surface area (Å²) in [5.74, 6) is -0.0880. The molecule has 0 spiro atoms. The number of hydrogen-bond acceptors (Lipinski definition) is 3. The van der Waals surface area contributed by atoms with Crippen molar-refractivity contribution in [2.24, 2.45) is 5.73 Å². The standard InChI is InChI=1S/C18H25N3O2/c1-11-6-12(2)8-13(7-11)17(22)23-16-9-14-4-3-5-15(10-16)21(14)18(19)20/h6-8,14-16H,3-5,9-10H2,1-2H3,(H3,19,20). The van der Waals surface area contributed by atoms with E-state index in [0.29, 0.717) is 5.56 Å². The second-order valence-electron chi connectivity index (χ2n) is 6.91. The van der Waals surface area contributed by atoms with Crippen LogP contribution in [0.2, 0.25) is 0 Å². The van der Waals surface area contributed by atoms with Gasteiger partial charge < -0.3 is 15.4 Å². The van der Waals surface area contributed by atoms with Crippen LogP contribution in [0.1, 0.15) is 53.6 Å². The normalized spacial score (nSPS) is 26.7. The monoisotopic (exact) mass is 315 g/mol. The largest absolute Gasteiger partial charge is 0.459 e. The number of piperidine rings is 2. The first-order valence-corrected chi connectivity index (χ1v) is 8.35. The predicted octanol–water partition coefficient (Wildman–Crippen LogP) is 2.74. The summed E-state index contributed by atoms with van der Waals surface area (Å²) in [6.07, 6.45) is 4.67. The number of aryl methyl sites for hydroxylation is 2. The molecule has 0 saturated carbocycles. The number of rotatable bonds is 2. The van der Waals surface area contributed by atoms with Crippen molar-refractivity contribution in [3.8, 4) is 0 Å². The number of esters is 1. The molecule has 2 aliphatic heterocycles. The van der Waals surface area contributed by atoms with Gasteiger partial charge in [-0.15, -0.1) is 0 Å². The second kappa shape index (κ2) is 6.22. The Hall–Kier alpha value is -2.04. The zero-order valence-corrected chi connectivity index (χ0v) is 13.8. The highest BCUT2D eigenvalue weighted by molar-refractivity contribution is 5.90. The van der Waals surface area contributed by atoms with E-state index in [9.17, 15) is 4.79 Å². The fourth-order valence-electron chi connectivity index (χ4n) is 4.13. The Morgan fingerprint density at radius 2 is 1.74 bits per heavy atom. The molecule has 2 bridgehead atoms. The molecule has 2 fully saturated rings. The molecule has 23 heavy (non-hydrogen) atoms. The summed E-state index contributed by atoms with van der Waals surface area (Å²) in [5, 5.41) is 7.77. The van der Waals surface area contributed by atoms with Gasteiger partial charge in [0.05, 0.1) is 5.56 Å². The van der Waals surface area contributed by atoms with Crippen LogP contribution in [0.15, 0.2) is 18.2 Å². The lowest BCUT2D eigenvalue weighted by molar-refractivity contribution is -0.0178. The van der Waals surface area contributed by atoms with Gasteiger partial charge in [-0.25, -0.2) is 4.79 Å². The van der Waals surface area contributed by atoms with Crippen LogP contribution in [-0.2, 0) is 4.74 Å². The van der Waals surface area contributed by atoms with E-state index >= 15 is 0 Å². The Morgan fingerprint density at radius 3 is 2.26 bits per heavy atom. The quantitative estimate of drug-likeness (QED) is 0.499. The van der Waals surface area contributed by atoms with Gasteiger partial charge in [0.25, 0.3) is 0 Å². The zero-order valence-electron chi connectivity index (χ0n) is 13.8. The lowest BCUT2D eigenvalue weighted by Crippen LogP contribution is -2.58. The van der Waals surface area contributed by atoms with Crippen molar-refractivity contribution in [2.75, 3.05) is 0 Å². The van der Waals surface area contributed by atoms with Crippen molar-refractivity contribution in [1.82, 2.24) is 4.90 Å². The van der Waals surface area contributed by atoms with Crippen LogP contribution in [0, 0.1) is 19.3 Å². The third-order valence-corrected chi connectivity index (χ3v) is 4.94. The molecule has 1 aromatic carbocycles. The molecule has 5 nitrogen and oxygen atoms in total. The van der Waals surface area contributed by atoms with Crippen LogP contribution in [0.5, 0.6) is 0 Å². The molecule has 2 atom stereocenters. The number of carbonyl (C=O) groups is 1. The summed E-state index contributed by atoms with van der Waals surface area (Å²) < 4.78 is 5.77. The third kappa shape index (κ3) is 3.33. The molecule has 0 aliphatic carbocycles. The average molecular weight is 315 g/mol. The molecule has 2 aliphatic rings. The second-order valence-corrected chi connectivity index (χ2v) is 6.91. The van der Waals surface area contributed by atoms with Gasteiger partial charge in [0.2, 0.25) is 0 Å². The number of fused-ring (bicyclic) bond motifs is 2. The Morgan fingerprint density at radius 1 is 1.17 bits per heavy atom. The van der Waals surface area contributed by atoms with E-state index in [1.54, 1.807) is 0 Å². The fraction of sp³-hybridized carbons (Fsp3) is 0.556. The van der Waals surface area contributed by atoms with Crippen molar-refractivity contribution >= 4 is 11.9 Å². The summed E-state index contributed by atoms with van der Waals surface area (Å²) in [6, 6.07) is 6.27. The number of nitrogens with two attached hydrogens (primary N) is 1. The van der Waals surface area contributed by atoms with Crippen LogP contribution >= 0.6 is 0 Å². The van der Waals surface area contributed by atoms with Gasteiger partial charge in [-0.3, -0.25) is 5.41 Å². The lowest BCUT2D eigenvalue weighted by Gasteiger charge is -2.48. The molecule has 0 radical (unpaired) electrons. The van der Waals surface area contributed by atoms with Gasteiger partial charge in [-0.1, -0.05) is 17.2 Å². The number of nitrogens with zero attached hydrogens (tertiary/aromatic N) is 1. The smallest absolute Gasteiger partial charge is 0.338 e. The van der Waals surface area contributed by atoms with Crippen LogP contribution in [-0.4, -0.2) is 35.0 Å². The third-order valence-electron chi connectivity index (χ3n) is 4.94. The highest BCUT2D eigenvalue weighted by atomic mass is 16.5. The Bertz CT molecular complexity index is 594. The van der Waals surface area contributed by atoms with Crippen molar-refractivity contribution in [3.63, 3.8) is 0 Å². The Labute approximate surface area is 137 Å². The number of ether oxygens (including phenoxy) is 1. The van der Waals surface area contributed by atoms with Crippen molar-refractivity contribution in [2.45, 2.75) is 64.1 Å². The molecular weight excluding hydrogens is 290 g/mol. The van der Waals surface area contributed by atoms with Crippen LogP contribution in [0.25, 0.3) is 0 Å². The minimum atomic E-state index is -0.240. The van der Waals surface area contributed by atoms with Crippen LogP contribution in [0.4, 0.5) is 0 Å². The summed E-state index contributed by atoms with van der Waals surface area (Å²) in [4.78, 5) is 14.5. The molecule has 1 aromatic rings. The van der Waals surface area contributed by atoms with Crippen molar-refractivity contribution in [3.05, 3.63) is 34.9 Å². The van der Waals surface area contributed by atoms with E-state index in [0.717, 1.165) is 43.2 Å². The number of hydrogen-bond donors (Lipinski definition) is 2. The van der Waals surface area contributed by atoms with Gasteiger partial charge in [0, 0.05) is 24.9 Å². The lowest BCUT2D eigenvalue weighted by atomic mass is 9.83. The van der Waals surface area contributed by atoms with Gasteiger partial charge in [0.15, 0.2) is 5.96 Å². The van der Waals surface area contributed by atoms with Crippen molar-refractivity contribution < 1.29 is 9.53 Å². The molecule has 0 aromatic heterocycles. The van der Waals surface area contributed by atoms with Gasteiger partial charge in [0.1, 0.15) is 6.10 Å². The molecule has 2 saturated heterocycles. The van der Waals surface area contributed by atoms with Crippen LogP contribution in [0.3, 0.4) is 0 Å². The Kier molecular flexibility index (Phi) is 4.28. The molecule has 5 heteroatoms. The molecule has 3 rings (SSSR count). The molecule has 124 valence electrons. The maximum absolute atomic E-state index is 12.4. The summed E-state index contributed by atoms with van der Waals surface area (Å²) in [6.45, 7) is 3.97. The summed E-state index contributed by atoms with van der Waals surface area (Å²) >= 11 is 0. The first-order chi connectivity index (χ1) is 10.9. The molecule has 0 amide bonds. The topological polar surface area (TPSA) is 79.4 Å². The predicted molar refractivity (Wildman–Crippen MR) is 89.5 cm³/mol. The molecule has 3 N–H and O–H groups in total. The number of benzene rings is 1. The van der Waals surface area contributed by atoms with Crippen LogP contribution < -0.4 is 5.73 Å². The maximum Gasteiger partial charge on any atom is 0.338 e. The zero-order chi connectivity index (χ0) is 16.6. The first-order valence-electron chi connectivity index (χ1n) is 8.35. The molecular formula is C18H25N3O2. The number of nitrogens with one attached hydrogen (secondary N) is 1. The van der Waals surface area contributed by atoms with Gasteiger partial charge in [-0.05, 0) is 45.2 Å². The minimum absolute atomic E-state index is 0.0748. The molecule has 2 heterocycles. The number of carbonyl (C=O) groups excluding carboxylic acids is 1. The van der Waals surface area contributed by atoms with E-state index in [1.807, 2.05) is 36.9 Å². The summed E-state index contributed by atoms with van der Waals surface area (Å²) in [5.41, 5.74) is 8.50. The highest BCUT2D eigenvalue weighted by Crippen LogP contribution is 2.35. The van der Waals surface area contributed by atoms with E-state index in [1.165, 1.54) is 0 Å². The molecule has 2 unspecified atom stereocenters. The first kappa shape index (κ1) is 15.8. The maximum atomic E-state index is 12.4. The summed E-state index contributed by atoms with van der Waals surface area (Å²) in [7, 11) is 0. The van der Waals surface area contributed by atoms with E-state index in [4.69, 9.17) is 15.9 Å². The minimum Gasteiger partial charge on any atom is -0.459 e. The SMILES string of the molecule is Cc1cc(C)cc(C(=O)OC2CC3CCCC(C2)N3C(=N)N)c1. The van der Waals surface area contributed by atoms with E-state index < -0.39 is 0 Å². The van der Waals surface area contributed by atoms with E-state index in [-0.39, 0.29) is 30.1 Å². The van der Waals surface area contributed by atoms with Gasteiger partial charge in [-0.2, -0.15) is 0 Å².